The van der Waals surface area contributed by atoms with Crippen molar-refractivity contribution in [2.75, 3.05) is 11.9 Å². The summed E-state index contributed by atoms with van der Waals surface area (Å²) in [7, 11) is 0. The molecule has 98 valence electrons. The predicted octanol–water partition coefficient (Wildman–Crippen LogP) is 2.78. The van der Waals surface area contributed by atoms with Crippen molar-refractivity contribution < 1.29 is 9.31 Å². The van der Waals surface area contributed by atoms with Gasteiger partial charge in [-0.25, -0.2) is 9.37 Å². The van der Waals surface area contributed by atoms with Gasteiger partial charge in [0.05, 0.1) is 4.92 Å². The molecule has 1 N–H and O–H groups in total. The number of nitrogens with zero attached hydrogens (tertiary/aromatic N) is 2. The van der Waals surface area contributed by atoms with Gasteiger partial charge in [0.1, 0.15) is 17.8 Å². The molecule has 19 heavy (non-hydrogen) atoms. The Kier molecular flexibility index (Phi) is 4.02. The molecule has 0 aliphatic rings. The Labute approximate surface area is 109 Å². The van der Waals surface area contributed by atoms with Crippen molar-refractivity contribution in [1.82, 2.24) is 4.98 Å². The molecular weight excluding hydrogens is 249 g/mol. The third kappa shape index (κ3) is 3.48. The summed E-state index contributed by atoms with van der Waals surface area (Å²) in [4.78, 5) is 13.9. The fourth-order valence-electron chi connectivity index (χ4n) is 1.63. The van der Waals surface area contributed by atoms with Gasteiger partial charge in [0.2, 0.25) is 0 Å². The van der Waals surface area contributed by atoms with E-state index in [1.807, 2.05) is 0 Å². The number of rotatable bonds is 5. The zero-order valence-corrected chi connectivity index (χ0v) is 10.0. The average Bonchev–Trinajstić information content (AvgIpc) is 2.41. The minimum Gasteiger partial charge on any atom is -0.370 e. The summed E-state index contributed by atoms with van der Waals surface area (Å²) in [5.41, 5.74) is 0.566. The molecule has 0 saturated carbocycles. The lowest BCUT2D eigenvalue weighted by Gasteiger charge is -2.06. The van der Waals surface area contributed by atoms with E-state index in [1.165, 1.54) is 24.4 Å². The summed E-state index contributed by atoms with van der Waals surface area (Å²) in [6, 6.07) is 9.46. The van der Waals surface area contributed by atoms with Crippen molar-refractivity contribution in [2.45, 2.75) is 6.42 Å². The third-order valence-electron chi connectivity index (χ3n) is 2.62. The number of benzene rings is 1. The first-order chi connectivity index (χ1) is 9.16. The lowest BCUT2D eigenvalue weighted by molar-refractivity contribution is -0.385. The second-order valence-electron chi connectivity index (χ2n) is 3.93. The lowest BCUT2D eigenvalue weighted by atomic mass is 10.1. The van der Waals surface area contributed by atoms with Crippen LogP contribution in [0.25, 0.3) is 0 Å². The molecule has 0 unspecified atom stereocenters. The zero-order valence-electron chi connectivity index (χ0n) is 10.0. The Balaban J connectivity index is 1.89. The van der Waals surface area contributed by atoms with Gasteiger partial charge in [0, 0.05) is 12.6 Å². The molecule has 0 fully saturated rings. The largest absolute Gasteiger partial charge is 0.370 e. The Hall–Kier alpha value is -2.50. The van der Waals surface area contributed by atoms with Crippen molar-refractivity contribution in [3.8, 4) is 0 Å². The number of hydrogen-bond donors (Lipinski definition) is 1. The molecule has 2 rings (SSSR count). The molecule has 2 aromatic rings. The summed E-state index contributed by atoms with van der Waals surface area (Å²) in [6.07, 6.45) is 1.71. The first kappa shape index (κ1) is 12.9. The van der Waals surface area contributed by atoms with E-state index in [-0.39, 0.29) is 11.5 Å². The molecule has 0 aliphatic heterocycles. The molecule has 0 saturated heterocycles. The summed E-state index contributed by atoms with van der Waals surface area (Å²) >= 11 is 0. The average molecular weight is 261 g/mol. The van der Waals surface area contributed by atoms with Gasteiger partial charge in [-0.3, -0.25) is 10.1 Å². The minimum atomic E-state index is -0.504. The number of nitrogens with one attached hydrogen (secondary N) is 1. The van der Waals surface area contributed by atoms with Crippen LogP contribution < -0.4 is 5.32 Å². The van der Waals surface area contributed by atoms with Gasteiger partial charge in [-0.1, -0.05) is 18.2 Å². The van der Waals surface area contributed by atoms with Crippen LogP contribution in [0.3, 0.4) is 0 Å². The molecule has 0 aliphatic carbocycles. The molecular formula is C13H12FN3O2. The number of nitro groups is 1. The monoisotopic (exact) mass is 261 g/mol. The number of aromatic nitrogens is 1. The molecule has 0 spiro atoms. The van der Waals surface area contributed by atoms with Gasteiger partial charge >= 0.3 is 0 Å². The van der Waals surface area contributed by atoms with Gasteiger partial charge in [-0.05, 0) is 24.1 Å². The second kappa shape index (κ2) is 5.90. The lowest BCUT2D eigenvalue weighted by Crippen LogP contribution is -2.07. The smallest absolute Gasteiger partial charge is 0.287 e. The maximum atomic E-state index is 13.3. The highest BCUT2D eigenvalue weighted by Gasteiger charge is 2.05. The topological polar surface area (TPSA) is 68.1 Å². The van der Waals surface area contributed by atoms with E-state index in [2.05, 4.69) is 10.3 Å². The van der Waals surface area contributed by atoms with Crippen LogP contribution >= 0.6 is 0 Å². The van der Waals surface area contributed by atoms with Gasteiger partial charge in [-0.15, -0.1) is 0 Å². The van der Waals surface area contributed by atoms with Crippen LogP contribution in [0.5, 0.6) is 0 Å². The van der Waals surface area contributed by atoms with Crippen molar-refractivity contribution >= 4 is 11.5 Å². The van der Waals surface area contributed by atoms with Gasteiger partial charge < -0.3 is 5.32 Å². The molecule has 0 radical (unpaired) electrons. The van der Waals surface area contributed by atoms with E-state index in [0.717, 1.165) is 0 Å². The number of anilines is 1. The van der Waals surface area contributed by atoms with Crippen LogP contribution in [0, 0.1) is 15.9 Å². The number of hydrogen-bond acceptors (Lipinski definition) is 4. The SMILES string of the molecule is O=[N+]([O-])c1ccc(NCCc2ccccc2F)nc1. The molecule has 1 aromatic carbocycles. The predicted molar refractivity (Wildman–Crippen MR) is 69.5 cm³/mol. The van der Waals surface area contributed by atoms with Gasteiger partial charge in [0.25, 0.3) is 5.69 Å². The molecule has 1 aromatic heterocycles. The number of halogens is 1. The summed E-state index contributed by atoms with van der Waals surface area (Å²) in [6.45, 7) is 0.506. The van der Waals surface area contributed by atoms with Crippen molar-refractivity contribution in [2.24, 2.45) is 0 Å². The van der Waals surface area contributed by atoms with E-state index in [0.29, 0.717) is 24.3 Å². The van der Waals surface area contributed by atoms with Crippen LogP contribution in [0.2, 0.25) is 0 Å². The van der Waals surface area contributed by atoms with E-state index in [4.69, 9.17) is 0 Å². The summed E-state index contributed by atoms with van der Waals surface area (Å²) in [5.74, 6) is 0.294. The highest BCUT2D eigenvalue weighted by Crippen LogP contribution is 2.12. The normalized spacial score (nSPS) is 10.2. The fraction of sp³-hybridized carbons (Fsp3) is 0.154. The van der Waals surface area contributed by atoms with E-state index >= 15 is 0 Å². The maximum Gasteiger partial charge on any atom is 0.287 e. The standard InChI is InChI=1S/C13H12FN3O2/c14-12-4-2-1-3-10(12)7-8-15-13-6-5-11(9-16-13)17(18)19/h1-6,9H,7-8H2,(H,15,16). The molecule has 1 heterocycles. The third-order valence-corrected chi connectivity index (χ3v) is 2.62. The van der Waals surface area contributed by atoms with Crippen molar-refractivity contribution in [3.05, 3.63) is 64.1 Å². The van der Waals surface area contributed by atoms with Crippen LogP contribution in [-0.2, 0) is 6.42 Å². The van der Waals surface area contributed by atoms with Crippen LogP contribution in [-0.4, -0.2) is 16.5 Å². The van der Waals surface area contributed by atoms with Crippen LogP contribution in [0.4, 0.5) is 15.9 Å². The number of pyridine rings is 1. The summed E-state index contributed by atoms with van der Waals surface area (Å²) in [5, 5.41) is 13.4. The zero-order chi connectivity index (χ0) is 13.7. The first-order valence-electron chi connectivity index (χ1n) is 5.74. The Bertz CT molecular complexity index is 572. The van der Waals surface area contributed by atoms with E-state index in [1.54, 1.807) is 18.2 Å². The van der Waals surface area contributed by atoms with Crippen LogP contribution in [0.15, 0.2) is 42.6 Å². The first-order valence-corrected chi connectivity index (χ1v) is 5.74. The Morgan fingerprint density at radius 1 is 1.26 bits per heavy atom. The van der Waals surface area contributed by atoms with Crippen molar-refractivity contribution in [3.63, 3.8) is 0 Å². The fourth-order valence-corrected chi connectivity index (χ4v) is 1.63. The molecule has 0 atom stereocenters. The summed E-state index contributed by atoms with van der Waals surface area (Å²) < 4.78 is 13.3. The Morgan fingerprint density at radius 2 is 2.05 bits per heavy atom. The van der Waals surface area contributed by atoms with E-state index in [9.17, 15) is 14.5 Å². The quantitative estimate of drug-likeness (QED) is 0.663. The maximum absolute atomic E-state index is 13.3. The molecule has 0 amide bonds. The van der Waals surface area contributed by atoms with E-state index < -0.39 is 4.92 Å². The van der Waals surface area contributed by atoms with Crippen LogP contribution in [0.1, 0.15) is 5.56 Å². The van der Waals surface area contributed by atoms with Gasteiger partial charge in [-0.2, -0.15) is 0 Å². The highest BCUT2D eigenvalue weighted by molar-refractivity contribution is 5.40. The Morgan fingerprint density at radius 3 is 2.68 bits per heavy atom. The molecule has 0 bridgehead atoms. The highest BCUT2D eigenvalue weighted by atomic mass is 19.1. The molecule has 5 nitrogen and oxygen atoms in total. The minimum absolute atomic E-state index is 0.0559. The second-order valence-corrected chi connectivity index (χ2v) is 3.93. The molecule has 6 heteroatoms. The van der Waals surface area contributed by atoms with Crippen molar-refractivity contribution in [1.29, 1.82) is 0 Å². The van der Waals surface area contributed by atoms with Gasteiger partial charge in [0.15, 0.2) is 0 Å².